The number of benzene rings is 2. The SMILES string of the molecule is [2H]C1([2H])N(C)C([2H])([2H])[C@@]2([2H])c3cc(Cl)ccc3Oc3ccccc3[C@]12[2H]. The van der Waals surface area contributed by atoms with E-state index >= 15 is 0 Å². The third-order valence-corrected chi connectivity index (χ3v) is 3.63. The zero-order chi connectivity index (χ0) is 19.1. The van der Waals surface area contributed by atoms with E-state index in [1.807, 2.05) is 0 Å². The highest BCUT2D eigenvalue weighted by Crippen LogP contribution is 2.49. The maximum absolute atomic E-state index is 9.19. The largest absolute Gasteiger partial charge is 0.457 e. The monoisotopic (exact) mass is 291 g/mol. The van der Waals surface area contributed by atoms with Crippen molar-refractivity contribution in [3.05, 3.63) is 58.6 Å². The van der Waals surface area contributed by atoms with Crippen molar-refractivity contribution in [2.24, 2.45) is 0 Å². The minimum Gasteiger partial charge on any atom is -0.457 e. The van der Waals surface area contributed by atoms with E-state index in [0.29, 0.717) is 0 Å². The Hall–Kier alpha value is -1.51. The van der Waals surface area contributed by atoms with Crippen LogP contribution in [0.15, 0.2) is 42.5 Å². The topological polar surface area (TPSA) is 12.5 Å². The van der Waals surface area contributed by atoms with Crippen molar-refractivity contribution < 1.29 is 13.0 Å². The van der Waals surface area contributed by atoms with Crippen LogP contribution in [-0.2, 0) is 0 Å². The molecule has 0 aromatic heterocycles. The molecule has 20 heavy (non-hydrogen) atoms. The van der Waals surface area contributed by atoms with Crippen LogP contribution in [0.2, 0.25) is 5.02 Å². The third kappa shape index (κ3) is 1.83. The highest BCUT2D eigenvalue weighted by Gasteiger charge is 2.38. The first-order valence-electron chi connectivity index (χ1n) is 9.31. The minimum absolute atomic E-state index is 0.0504. The van der Waals surface area contributed by atoms with Crippen molar-refractivity contribution in [2.45, 2.75) is 11.8 Å². The van der Waals surface area contributed by atoms with Gasteiger partial charge in [-0.2, -0.15) is 0 Å². The molecule has 2 nitrogen and oxygen atoms in total. The lowest BCUT2D eigenvalue weighted by molar-refractivity contribution is 0.401. The Morgan fingerprint density at radius 3 is 2.70 bits per heavy atom. The summed E-state index contributed by atoms with van der Waals surface area (Å²) in [6.07, 6.45) is 0. The summed E-state index contributed by atoms with van der Waals surface area (Å²) in [5.74, 6) is -4.20. The van der Waals surface area contributed by atoms with Gasteiger partial charge < -0.3 is 9.64 Å². The molecule has 0 spiro atoms. The summed E-state index contributed by atoms with van der Waals surface area (Å²) >= 11 is 6.11. The van der Waals surface area contributed by atoms with Gasteiger partial charge in [0, 0.05) is 43.6 Å². The smallest absolute Gasteiger partial charge is 0.131 e. The Labute approximate surface area is 132 Å². The van der Waals surface area contributed by atoms with Crippen LogP contribution in [-0.4, -0.2) is 24.9 Å². The number of likely N-dealkylation sites (tertiary alicyclic amines) is 1. The number of para-hydroxylation sites is 1. The Balaban J connectivity index is 2.21. The summed E-state index contributed by atoms with van der Waals surface area (Å²) in [6.45, 7) is -4.99. The van der Waals surface area contributed by atoms with Crippen molar-refractivity contribution in [1.82, 2.24) is 4.90 Å². The summed E-state index contributed by atoms with van der Waals surface area (Å²) in [6, 6.07) is 10.9. The molecule has 0 unspecified atom stereocenters. The van der Waals surface area contributed by atoms with Gasteiger partial charge in [0.15, 0.2) is 0 Å². The van der Waals surface area contributed by atoms with Gasteiger partial charge in [-0.05, 0) is 36.9 Å². The standard InChI is InChI=1S/C17H16ClNO/c1-19-9-14-12-4-2-3-5-16(12)20-17-7-6-11(18)8-13(17)15(14)10-19/h2-8,14-15H,9-10H2,1H3/t14-,15-/m0/s1/i9D2,10D2,14D,15D. The predicted molar refractivity (Wildman–Crippen MR) is 80.9 cm³/mol. The molecule has 2 aliphatic heterocycles. The van der Waals surface area contributed by atoms with Crippen LogP contribution in [0.4, 0.5) is 0 Å². The number of halogens is 1. The second-order valence-electron chi connectivity index (χ2n) is 4.77. The van der Waals surface area contributed by atoms with Crippen molar-refractivity contribution in [1.29, 1.82) is 0 Å². The summed E-state index contributed by atoms with van der Waals surface area (Å²) in [5.41, 5.74) is 0.176. The van der Waals surface area contributed by atoms with E-state index in [4.69, 9.17) is 21.8 Å². The van der Waals surface area contributed by atoms with Crippen LogP contribution < -0.4 is 4.74 Å². The summed E-state index contributed by atoms with van der Waals surface area (Å²) in [4.78, 5) is 0.826. The molecule has 2 heterocycles. The zero-order valence-electron chi connectivity index (χ0n) is 16.8. The second kappa shape index (κ2) is 4.51. The molecule has 2 aromatic rings. The van der Waals surface area contributed by atoms with E-state index in [9.17, 15) is 2.74 Å². The number of nitrogens with zero attached hydrogens (tertiary/aromatic N) is 1. The van der Waals surface area contributed by atoms with Gasteiger partial charge >= 0.3 is 0 Å². The summed E-state index contributed by atoms with van der Waals surface area (Å²) in [5, 5.41) is 0.262. The van der Waals surface area contributed by atoms with Crippen molar-refractivity contribution in [3.63, 3.8) is 0 Å². The average Bonchev–Trinajstić information content (AvgIpc) is 2.66. The van der Waals surface area contributed by atoms with Crippen LogP contribution in [0.1, 0.15) is 31.1 Å². The molecular formula is C17H16ClNO. The molecule has 0 saturated carbocycles. The Morgan fingerprint density at radius 2 is 1.85 bits per heavy atom. The van der Waals surface area contributed by atoms with E-state index < -0.39 is 24.8 Å². The van der Waals surface area contributed by atoms with Crippen LogP contribution in [0, 0.1) is 0 Å². The second-order valence-corrected chi connectivity index (χ2v) is 5.21. The molecule has 0 bridgehead atoms. The van der Waals surface area contributed by atoms with E-state index in [0.717, 1.165) is 4.90 Å². The van der Waals surface area contributed by atoms with Crippen LogP contribution in [0.25, 0.3) is 0 Å². The highest BCUT2D eigenvalue weighted by atomic mass is 35.5. The fourth-order valence-electron chi connectivity index (χ4n) is 2.53. The number of fused-ring (bicyclic) bond motifs is 5. The maximum Gasteiger partial charge on any atom is 0.131 e. The number of likely N-dealkylation sites (N-methyl/N-ethyl adjacent to an activating group) is 1. The van der Waals surface area contributed by atoms with Gasteiger partial charge in [-0.15, -0.1) is 0 Å². The molecule has 1 saturated heterocycles. The van der Waals surface area contributed by atoms with Gasteiger partial charge in [0.2, 0.25) is 0 Å². The predicted octanol–water partition coefficient (Wildman–Crippen LogP) is 4.26. The molecule has 2 aliphatic rings. The van der Waals surface area contributed by atoms with Crippen molar-refractivity contribution in [3.8, 4) is 11.5 Å². The van der Waals surface area contributed by atoms with Gasteiger partial charge in [-0.25, -0.2) is 0 Å². The molecule has 0 amide bonds. The molecule has 0 radical (unpaired) electrons. The van der Waals surface area contributed by atoms with Crippen LogP contribution in [0.3, 0.4) is 0 Å². The zero-order valence-corrected chi connectivity index (χ0v) is 11.5. The van der Waals surface area contributed by atoms with Crippen molar-refractivity contribution >= 4 is 11.6 Å². The molecule has 4 rings (SSSR count). The lowest BCUT2D eigenvalue weighted by Gasteiger charge is -2.17. The maximum atomic E-state index is 9.19. The number of hydrogen-bond acceptors (Lipinski definition) is 2. The highest BCUT2D eigenvalue weighted by molar-refractivity contribution is 6.30. The first-order valence-corrected chi connectivity index (χ1v) is 6.69. The molecule has 0 aliphatic carbocycles. The molecule has 1 fully saturated rings. The Bertz CT molecular complexity index is 922. The molecule has 3 heteroatoms. The first-order chi connectivity index (χ1) is 12.0. The van der Waals surface area contributed by atoms with E-state index in [2.05, 4.69) is 0 Å². The fraction of sp³-hybridized carbons (Fsp3) is 0.294. The number of rotatable bonds is 0. The van der Waals surface area contributed by atoms with Gasteiger partial charge in [0.1, 0.15) is 11.5 Å². The lowest BCUT2D eigenvalue weighted by atomic mass is 9.84. The quantitative estimate of drug-likeness (QED) is 0.719. The number of hydrogen-bond donors (Lipinski definition) is 0. The van der Waals surface area contributed by atoms with E-state index in [-0.39, 0.29) is 27.6 Å². The van der Waals surface area contributed by atoms with Crippen LogP contribution >= 0.6 is 11.6 Å². The molecule has 2 atom stereocenters. The van der Waals surface area contributed by atoms with Gasteiger partial charge in [0.05, 0.1) is 0 Å². The van der Waals surface area contributed by atoms with Crippen molar-refractivity contribution in [2.75, 3.05) is 20.0 Å². The third-order valence-electron chi connectivity index (χ3n) is 3.40. The Morgan fingerprint density at radius 1 is 1.15 bits per heavy atom. The molecule has 0 N–H and O–H groups in total. The minimum atomic E-state index is -2.50. The van der Waals surface area contributed by atoms with Gasteiger partial charge in [-0.1, -0.05) is 29.8 Å². The molecule has 2 aromatic carbocycles. The molecule has 102 valence electrons. The van der Waals surface area contributed by atoms with E-state index in [1.165, 1.54) is 25.2 Å². The number of ether oxygens (including phenoxy) is 1. The molecular weight excluding hydrogens is 270 g/mol. The lowest BCUT2D eigenvalue weighted by Crippen LogP contribution is -2.14. The summed E-state index contributed by atoms with van der Waals surface area (Å²) < 4.78 is 58.6. The van der Waals surface area contributed by atoms with E-state index in [1.54, 1.807) is 24.3 Å². The normalized spacial score (nSPS) is 41.1. The van der Waals surface area contributed by atoms with Gasteiger partial charge in [0.25, 0.3) is 0 Å². The summed E-state index contributed by atoms with van der Waals surface area (Å²) in [7, 11) is 1.26. The average molecular weight is 292 g/mol. The first kappa shape index (κ1) is 7.48. The van der Waals surface area contributed by atoms with Gasteiger partial charge in [-0.3, -0.25) is 0 Å². The van der Waals surface area contributed by atoms with Crippen LogP contribution in [0.5, 0.6) is 11.5 Å². The fourth-order valence-corrected chi connectivity index (χ4v) is 2.70. The Kier molecular flexibility index (Phi) is 1.69.